The zero-order valence-corrected chi connectivity index (χ0v) is 11.8. The number of aldehydes is 1. The van der Waals surface area contributed by atoms with E-state index in [1.165, 1.54) is 57.4 Å². The molecule has 0 aliphatic heterocycles. The number of rotatable bonds is 12. The lowest BCUT2D eigenvalue weighted by Crippen LogP contribution is -1.79. The van der Waals surface area contributed by atoms with Gasteiger partial charge in [0.1, 0.15) is 6.29 Å². The molecule has 0 aromatic carbocycles. The molecular formula is C17H28O. The van der Waals surface area contributed by atoms with E-state index in [9.17, 15) is 4.79 Å². The molecule has 0 heterocycles. The molecule has 0 bridgehead atoms. The van der Waals surface area contributed by atoms with E-state index in [0.29, 0.717) is 0 Å². The molecule has 102 valence electrons. The van der Waals surface area contributed by atoms with Gasteiger partial charge in [-0.25, -0.2) is 0 Å². The fourth-order valence-electron chi connectivity index (χ4n) is 1.81. The number of hydrogen-bond acceptors (Lipinski definition) is 1. The maximum Gasteiger partial charge on any atom is 0.142 e. The zero-order valence-electron chi connectivity index (χ0n) is 11.8. The van der Waals surface area contributed by atoms with Crippen molar-refractivity contribution in [2.45, 2.75) is 64.7 Å². The average Bonchev–Trinajstić information content (AvgIpc) is 2.39. The number of hydrogen-bond donors (Lipinski definition) is 0. The van der Waals surface area contributed by atoms with E-state index in [2.05, 4.69) is 19.1 Å². The third kappa shape index (κ3) is 14.9. The largest absolute Gasteiger partial charge is 0.299 e. The van der Waals surface area contributed by atoms with Crippen LogP contribution in [0.25, 0.3) is 0 Å². The maximum absolute atomic E-state index is 9.98. The summed E-state index contributed by atoms with van der Waals surface area (Å²) < 4.78 is 0. The normalized spacial score (nSPS) is 12.1. The van der Waals surface area contributed by atoms with Crippen molar-refractivity contribution in [3.05, 3.63) is 36.5 Å². The first-order valence-electron chi connectivity index (χ1n) is 7.35. The minimum Gasteiger partial charge on any atom is -0.299 e. The summed E-state index contributed by atoms with van der Waals surface area (Å²) in [7, 11) is 0. The summed E-state index contributed by atoms with van der Waals surface area (Å²) in [5.74, 6) is 0. The van der Waals surface area contributed by atoms with Crippen molar-refractivity contribution in [1.29, 1.82) is 0 Å². The van der Waals surface area contributed by atoms with Gasteiger partial charge in [0.25, 0.3) is 0 Å². The summed E-state index contributed by atoms with van der Waals surface area (Å²) in [5.41, 5.74) is 0. The highest BCUT2D eigenvalue weighted by Gasteiger charge is 1.89. The van der Waals surface area contributed by atoms with Gasteiger partial charge in [-0.05, 0) is 18.9 Å². The molecule has 0 rings (SSSR count). The number of carbonyl (C=O) groups is 1. The fourth-order valence-corrected chi connectivity index (χ4v) is 1.81. The van der Waals surface area contributed by atoms with Crippen LogP contribution in [0.3, 0.4) is 0 Å². The van der Waals surface area contributed by atoms with Crippen LogP contribution in [-0.4, -0.2) is 6.29 Å². The van der Waals surface area contributed by atoms with Crippen LogP contribution in [0.4, 0.5) is 0 Å². The molecule has 0 fully saturated rings. The number of unbranched alkanes of at least 4 members (excludes halogenated alkanes) is 8. The van der Waals surface area contributed by atoms with Crippen molar-refractivity contribution >= 4 is 6.29 Å². The second-order valence-electron chi connectivity index (χ2n) is 4.60. The van der Waals surface area contributed by atoms with Crippen molar-refractivity contribution in [2.24, 2.45) is 0 Å². The molecule has 0 unspecified atom stereocenters. The molecule has 0 aliphatic rings. The van der Waals surface area contributed by atoms with Gasteiger partial charge in [-0.15, -0.1) is 0 Å². The molecule has 0 N–H and O–H groups in total. The van der Waals surface area contributed by atoms with Gasteiger partial charge >= 0.3 is 0 Å². The van der Waals surface area contributed by atoms with Crippen LogP contribution < -0.4 is 0 Å². The molecule has 1 nitrogen and oxygen atoms in total. The van der Waals surface area contributed by atoms with Gasteiger partial charge in [-0.2, -0.15) is 0 Å². The van der Waals surface area contributed by atoms with Crippen molar-refractivity contribution in [3.63, 3.8) is 0 Å². The third-order valence-corrected chi connectivity index (χ3v) is 2.88. The Hall–Kier alpha value is -1.11. The van der Waals surface area contributed by atoms with Crippen LogP contribution in [-0.2, 0) is 4.79 Å². The van der Waals surface area contributed by atoms with Crippen LogP contribution >= 0.6 is 0 Å². The van der Waals surface area contributed by atoms with Crippen molar-refractivity contribution in [3.8, 4) is 0 Å². The summed E-state index contributed by atoms with van der Waals surface area (Å²) in [5, 5.41) is 0. The van der Waals surface area contributed by atoms with E-state index in [-0.39, 0.29) is 0 Å². The summed E-state index contributed by atoms with van der Waals surface area (Å²) in [6, 6.07) is 0. The Kier molecular flexibility index (Phi) is 14.9. The molecule has 0 spiro atoms. The summed E-state index contributed by atoms with van der Waals surface area (Å²) in [6.45, 7) is 2.26. The van der Waals surface area contributed by atoms with E-state index in [0.717, 1.165) is 12.7 Å². The molecular weight excluding hydrogens is 220 g/mol. The Morgan fingerprint density at radius 3 is 1.89 bits per heavy atom. The summed E-state index contributed by atoms with van der Waals surface area (Å²) >= 11 is 0. The summed E-state index contributed by atoms with van der Waals surface area (Å²) in [6.07, 6.45) is 24.3. The Labute approximate surface area is 113 Å². The topological polar surface area (TPSA) is 17.1 Å². The zero-order chi connectivity index (χ0) is 13.3. The second-order valence-corrected chi connectivity index (χ2v) is 4.60. The molecule has 0 aromatic rings. The quantitative estimate of drug-likeness (QED) is 0.196. The van der Waals surface area contributed by atoms with Gasteiger partial charge < -0.3 is 0 Å². The molecule has 0 aliphatic carbocycles. The van der Waals surface area contributed by atoms with Gasteiger partial charge in [0.15, 0.2) is 0 Å². The second kappa shape index (κ2) is 15.9. The maximum atomic E-state index is 9.98. The molecule has 0 saturated heterocycles. The van der Waals surface area contributed by atoms with Crippen molar-refractivity contribution in [1.82, 2.24) is 0 Å². The Balaban J connectivity index is 3.19. The van der Waals surface area contributed by atoms with E-state index in [4.69, 9.17) is 0 Å². The Bertz CT molecular complexity index is 248. The van der Waals surface area contributed by atoms with E-state index < -0.39 is 0 Å². The SMILES string of the molecule is CCCCCCCCCCC=C/C=C/C=C/C=O. The van der Waals surface area contributed by atoms with E-state index in [1.807, 2.05) is 12.2 Å². The third-order valence-electron chi connectivity index (χ3n) is 2.88. The predicted octanol–water partition coefficient (Wildman–Crippen LogP) is 5.38. The highest BCUT2D eigenvalue weighted by atomic mass is 16.1. The molecule has 0 amide bonds. The van der Waals surface area contributed by atoms with Gasteiger partial charge in [-0.3, -0.25) is 4.79 Å². The molecule has 0 radical (unpaired) electrons. The fraction of sp³-hybridized carbons (Fsp3) is 0.588. The lowest BCUT2D eigenvalue weighted by molar-refractivity contribution is -0.104. The van der Waals surface area contributed by atoms with Gasteiger partial charge in [0.2, 0.25) is 0 Å². The summed E-state index contributed by atoms with van der Waals surface area (Å²) in [4.78, 5) is 9.98. The van der Waals surface area contributed by atoms with Crippen LogP contribution in [0.1, 0.15) is 64.7 Å². The predicted molar refractivity (Wildman–Crippen MR) is 80.7 cm³/mol. The molecule has 18 heavy (non-hydrogen) atoms. The number of carbonyl (C=O) groups excluding carboxylic acids is 1. The monoisotopic (exact) mass is 248 g/mol. The molecule has 1 heteroatoms. The average molecular weight is 248 g/mol. The Morgan fingerprint density at radius 2 is 1.22 bits per heavy atom. The lowest BCUT2D eigenvalue weighted by Gasteiger charge is -1.99. The van der Waals surface area contributed by atoms with Gasteiger partial charge in [0, 0.05) is 0 Å². The van der Waals surface area contributed by atoms with Gasteiger partial charge in [0.05, 0.1) is 0 Å². The van der Waals surface area contributed by atoms with Crippen LogP contribution in [0.15, 0.2) is 36.5 Å². The van der Waals surface area contributed by atoms with Crippen molar-refractivity contribution < 1.29 is 4.79 Å². The van der Waals surface area contributed by atoms with E-state index in [1.54, 1.807) is 6.08 Å². The first-order chi connectivity index (χ1) is 8.91. The molecule has 0 saturated carbocycles. The first-order valence-corrected chi connectivity index (χ1v) is 7.35. The number of allylic oxidation sites excluding steroid dienone is 6. The van der Waals surface area contributed by atoms with E-state index >= 15 is 0 Å². The van der Waals surface area contributed by atoms with Crippen LogP contribution in [0.5, 0.6) is 0 Å². The van der Waals surface area contributed by atoms with Crippen LogP contribution in [0.2, 0.25) is 0 Å². The first kappa shape index (κ1) is 16.9. The highest BCUT2D eigenvalue weighted by molar-refractivity contribution is 5.65. The van der Waals surface area contributed by atoms with Gasteiger partial charge in [-0.1, -0.05) is 82.2 Å². The Morgan fingerprint density at radius 1 is 0.667 bits per heavy atom. The molecule has 0 atom stereocenters. The van der Waals surface area contributed by atoms with Crippen molar-refractivity contribution in [2.75, 3.05) is 0 Å². The minimum atomic E-state index is 0.786. The lowest BCUT2D eigenvalue weighted by atomic mass is 10.1. The molecule has 0 aromatic heterocycles. The standard InChI is InChI=1S/C17H28O/c1-2-3-4-5-6-7-8-9-10-11-12-13-14-15-16-17-18/h11-17H,2-10H2,1H3/b12-11?,14-13+,16-15+. The minimum absolute atomic E-state index is 0.786. The highest BCUT2D eigenvalue weighted by Crippen LogP contribution is 2.09. The smallest absolute Gasteiger partial charge is 0.142 e. The van der Waals surface area contributed by atoms with Crippen LogP contribution in [0, 0.1) is 0 Å².